The largest absolute Gasteiger partial charge is 0.506 e. The molecule has 0 fully saturated rings. The Morgan fingerprint density at radius 3 is 2.59 bits per heavy atom. The normalized spacial score (nSPS) is 12.0. The third-order valence-corrected chi connectivity index (χ3v) is 3.33. The molecule has 0 aliphatic carbocycles. The molecule has 1 aromatic carbocycles. The van der Waals surface area contributed by atoms with Crippen molar-refractivity contribution >= 4 is 22.2 Å². The van der Waals surface area contributed by atoms with E-state index in [1.54, 1.807) is 6.07 Å². The van der Waals surface area contributed by atoms with Gasteiger partial charge in [-0.2, -0.15) is 0 Å². The van der Waals surface area contributed by atoms with Crippen LogP contribution in [0.25, 0.3) is 0 Å². The minimum atomic E-state index is -0.0800. The van der Waals surface area contributed by atoms with Gasteiger partial charge in [0.1, 0.15) is 16.5 Å². The molecule has 1 N–H and O–H groups in total. The molecular formula is C12H15BrO4. The van der Waals surface area contributed by atoms with E-state index in [0.29, 0.717) is 28.0 Å². The lowest BCUT2D eigenvalue weighted by atomic mass is 9.97. The Labute approximate surface area is 109 Å². The lowest BCUT2D eigenvalue weighted by Crippen LogP contribution is -1.99. The predicted molar refractivity (Wildman–Crippen MR) is 68.0 cm³/mol. The third-order valence-electron chi connectivity index (χ3n) is 2.60. The first-order chi connectivity index (χ1) is 8.06. The van der Waals surface area contributed by atoms with E-state index in [9.17, 15) is 9.90 Å². The Kier molecular flexibility index (Phi) is 4.81. The van der Waals surface area contributed by atoms with Gasteiger partial charge in [-0.15, -0.1) is 0 Å². The highest BCUT2D eigenvalue weighted by molar-refractivity contribution is 9.10. The van der Waals surface area contributed by atoms with Crippen LogP contribution in [0, 0.1) is 0 Å². The molecule has 1 rings (SSSR count). The Balaban J connectivity index is 3.33. The van der Waals surface area contributed by atoms with Crippen LogP contribution in [0.1, 0.15) is 24.8 Å². The van der Waals surface area contributed by atoms with Gasteiger partial charge >= 0.3 is 0 Å². The number of methoxy groups -OCH3 is 2. The molecule has 1 atom stereocenters. The summed E-state index contributed by atoms with van der Waals surface area (Å²) in [6.45, 7) is 1.86. The number of aromatic hydroxyl groups is 1. The van der Waals surface area contributed by atoms with Crippen LogP contribution in [-0.4, -0.2) is 25.6 Å². The number of benzene rings is 1. The average molecular weight is 303 g/mol. The standard InChI is InChI=1S/C12H15BrO4/c1-7(4-5-14)8-6-9(16-2)12(17-3)10(13)11(8)15/h5-7,15H,4H2,1-3H3. The molecule has 5 heteroatoms. The molecule has 0 saturated heterocycles. The van der Waals surface area contributed by atoms with Gasteiger partial charge in [-0.25, -0.2) is 0 Å². The van der Waals surface area contributed by atoms with Crippen molar-refractivity contribution in [3.8, 4) is 17.2 Å². The van der Waals surface area contributed by atoms with E-state index >= 15 is 0 Å². The molecule has 4 nitrogen and oxygen atoms in total. The molecule has 0 heterocycles. The second-order valence-corrected chi connectivity index (χ2v) is 4.46. The summed E-state index contributed by atoms with van der Waals surface area (Å²) in [6.07, 6.45) is 1.17. The minimum Gasteiger partial charge on any atom is -0.506 e. The highest BCUT2D eigenvalue weighted by atomic mass is 79.9. The first-order valence-corrected chi connectivity index (χ1v) is 5.93. The maximum atomic E-state index is 10.5. The van der Waals surface area contributed by atoms with Gasteiger partial charge in [-0.3, -0.25) is 0 Å². The summed E-state index contributed by atoms with van der Waals surface area (Å²) in [5.41, 5.74) is 0.654. The first kappa shape index (κ1) is 13.8. The number of ether oxygens (including phenoxy) is 2. The van der Waals surface area contributed by atoms with E-state index in [-0.39, 0.29) is 11.7 Å². The van der Waals surface area contributed by atoms with Gasteiger partial charge in [-0.1, -0.05) is 6.92 Å². The summed E-state index contributed by atoms with van der Waals surface area (Å²) in [7, 11) is 3.02. The van der Waals surface area contributed by atoms with Gasteiger partial charge in [0.05, 0.1) is 14.2 Å². The average Bonchev–Trinajstić information content (AvgIpc) is 2.32. The number of carbonyl (C=O) groups excluding carboxylic acids is 1. The predicted octanol–water partition coefficient (Wildman–Crippen LogP) is 2.86. The van der Waals surface area contributed by atoms with E-state index in [2.05, 4.69) is 15.9 Å². The van der Waals surface area contributed by atoms with Crippen molar-refractivity contribution in [3.63, 3.8) is 0 Å². The number of hydrogen-bond donors (Lipinski definition) is 1. The van der Waals surface area contributed by atoms with Crippen molar-refractivity contribution in [2.75, 3.05) is 14.2 Å². The molecule has 1 aromatic rings. The molecule has 17 heavy (non-hydrogen) atoms. The zero-order chi connectivity index (χ0) is 13.0. The number of phenols is 1. The van der Waals surface area contributed by atoms with Crippen molar-refractivity contribution in [1.82, 2.24) is 0 Å². The zero-order valence-corrected chi connectivity index (χ0v) is 11.6. The summed E-state index contributed by atoms with van der Waals surface area (Å²) >= 11 is 3.26. The minimum absolute atomic E-state index is 0.0800. The molecular weight excluding hydrogens is 288 g/mol. The fourth-order valence-corrected chi connectivity index (χ4v) is 2.19. The fourth-order valence-electron chi connectivity index (χ4n) is 1.61. The van der Waals surface area contributed by atoms with E-state index in [1.807, 2.05) is 6.92 Å². The number of halogens is 1. The van der Waals surface area contributed by atoms with Gasteiger partial charge in [-0.05, 0) is 27.9 Å². The lowest BCUT2D eigenvalue weighted by molar-refractivity contribution is -0.108. The van der Waals surface area contributed by atoms with Crippen molar-refractivity contribution in [2.24, 2.45) is 0 Å². The van der Waals surface area contributed by atoms with E-state index in [0.717, 1.165) is 6.29 Å². The molecule has 0 aliphatic rings. The van der Waals surface area contributed by atoms with Crippen LogP contribution in [0.4, 0.5) is 0 Å². The summed E-state index contributed by atoms with van der Waals surface area (Å²) in [6, 6.07) is 1.69. The molecule has 0 aromatic heterocycles. The van der Waals surface area contributed by atoms with Crippen LogP contribution in [0.3, 0.4) is 0 Å². The van der Waals surface area contributed by atoms with Crippen molar-refractivity contribution in [2.45, 2.75) is 19.3 Å². The highest BCUT2D eigenvalue weighted by Gasteiger charge is 2.20. The molecule has 0 saturated carbocycles. The second-order valence-electron chi connectivity index (χ2n) is 3.67. The van der Waals surface area contributed by atoms with Crippen molar-refractivity contribution < 1.29 is 19.4 Å². The molecule has 0 spiro atoms. The molecule has 1 unspecified atom stereocenters. The molecule has 94 valence electrons. The van der Waals surface area contributed by atoms with Gasteiger partial charge in [0, 0.05) is 12.0 Å². The van der Waals surface area contributed by atoms with Gasteiger partial charge < -0.3 is 19.4 Å². The van der Waals surface area contributed by atoms with E-state index in [1.165, 1.54) is 14.2 Å². The monoisotopic (exact) mass is 302 g/mol. The number of carbonyl (C=O) groups is 1. The summed E-state index contributed by atoms with van der Waals surface area (Å²) in [5.74, 6) is 0.956. The zero-order valence-electron chi connectivity index (χ0n) is 9.99. The van der Waals surface area contributed by atoms with Gasteiger partial charge in [0.25, 0.3) is 0 Å². The quantitative estimate of drug-likeness (QED) is 0.850. The molecule has 0 radical (unpaired) electrons. The number of rotatable bonds is 5. The topological polar surface area (TPSA) is 55.8 Å². The lowest BCUT2D eigenvalue weighted by Gasteiger charge is -2.17. The van der Waals surface area contributed by atoms with Crippen LogP contribution in [0.15, 0.2) is 10.5 Å². The van der Waals surface area contributed by atoms with E-state index < -0.39 is 0 Å². The Hall–Kier alpha value is -1.23. The molecule has 0 bridgehead atoms. The van der Waals surface area contributed by atoms with Crippen LogP contribution < -0.4 is 9.47 Å². The molecule has 0 amide bonds. The van der Waals surface area contributed by atoms with Crippen LogP contribution >= 0.6 is 15.9 Å². The van der Waals surface area contributed by atoms with Crippen molar-refractivity contribution in [3.05, 3.63) is 16.1 Å². The Bertz CT molecular complexity index is 417. The third kappa shape index (κ3) is 2.72. The Morgan fingerprint density at radius 1 is 1.47 bits per heavy atom. The summed E-state index contributed by atoms with van der Waals surface area (Å²) < 4.78 is 10.8. The second kappa shape index (κ2) is 5.91. The Morgan fingerprint density at radius 2 is 2.12 bits per heavy atom. The van der Waals surface area contributed by atoms with Gasteiger partial charge in [0.2, 0.25) is 0 Å². The van der Waals surface area contributed by atoms with Crippen LogP contribution in [0.2, 0.25) is 0 Å². The maximum absolute atomic E-state index is 10.5. The number of aldehydes is 1. The number of phenolic OH excluding ortho intramolecular Hbond substituents is 1. The van der Waals surface area contributed by atoms with Crippen molar-refractivity contribution in [1.29, 1.82) is 0 Å². The fraction of sp³-hybridized carbons (Fsp3) is 0.417. The molecule has 0 aliphatic heterocycles. The SMILES string of the molecule is COc1cc(C(C)CC=O)c(O)c(Br)c1OC. The summed E-state index contributed by atoms with van der Waals surface area (Å²) in [5, 5.41) is 10.0. The summed E-state index contributed by atoms with van der Waals surface area (Å²) in [4.78, 5) is 10.5. The first-order valence-electron chi connectivity index (χ1n) is 5.13. The smallest absolute Gasteiger partial charge is 0.178 e. The van der Waals surface area contributed by atoms with Crippen LogP contribution in [0.5, 0.6) is 17.2 Å². The van der Waals surface area contributed by atoms with Crippen LogP contribution in [-0.2, 0) is 4.79 Å². The number of hydrogen-bond acceptors (Lipinski definition) is 4. The maximum Gasteiger partial charge on any atom is 0.178 e. The van der Waals surface area contributed by atoms with Gasteiger partial charge in [0.15, 0.2) is 11.5 Å². The highest BCUT2D eigenvalue weighted by Crippen LogP contribution is 2.46. The van der Waals surface area contributed by atoms with E-state index in [4.69, 9.17) is 9.47 Å².